The van der Waals surface area contributed by atoms with E-state index >= 15 is 0 Å². The van der Waals surface area contributed by atoms with Crippen molar-refractivity contribution in [1.29, 1.82) is 0 Å². The van der Waals surface area contributed by atoms with Gasteiger partial charge in [-0.2, -0.15) is 0 Å². The first kappa shape index (κ1) is 32.8. The summed E-state index contributed by atoms with van der Waals surface area (Å²) < 4.78 is 0. The molecular formula is C29H62N2O2. The van der Waals surface area contributed by atoms with Crippen LogP contribution in [0.1, 0.15) is 143 Å². The summed E-state index contributed by atoms with van der Waals surface area (Å²) in [6.07, 6.45) is 23.2. The summed E-state index contributed by atoms with van der Waals surface area (Å²) in [6, 6.07) is 0. The van der Waals surface area contributed by atoms with Crippen molar-refractivity contribution < 1.29 is 10.2 Å². The maximum absolute atomic E-state index is 10.6. The number of nitrogens with zero attached hydrogens (tertiary/aromatic N) is 1. The Hall–Kier alpha value is -0.160. The van der Waals surface area contributed by atoms with Gasteiger partial charge in [0.25, 0.3) is 0 Å². The Balaban J connectivity index is 4.04. The Morgan fingerprint density at radius 1 is 0.545 bits per heavy atom. The first-order chi connectivity index (χ1) is 16.1. The Morgan fingerprint density at radius 3 is 1.33 bits per heavy atom. The van der Waals surface area contributed by atoms with Crippen molar-refractivity contribution in [3.63, 3.8) is 0 Å². The molecular weight excluding hydrogens is 408 g/mol. The second-order valence-corrected chi connectivity index (χ2v) is 10.3. The predicted octanol–water partition coefficient (Wildman–Crippen LogP) is 7.07. The lowest BCUT2D eigenvalue weighted by molar-refractivity contribution is 0.0600. The number of unbranched alkanes of at least 4 members (excludes halogenated alkanes) is 14. The molecule has 3 N–H and O–H groups in total. The summed E-state index contributed by atoms with van der Waals surface area (Å²) in [5.74, 6) is 0. The molecule has 0 aromatic carbocycles. The smallest absolute Gasteiger partial charge is 0.0667 e. The van der Waals surface area contributed by atoms with E-state index in [4.69, 9.17) is 0 Å². The Kier molecular flexibility index (Phi) is 26.3. The van der Waals surface area contributed by atoms with Gasteiger partial charge in [0, 0.05) is 13.1 Å². The zero-order valence-corrected chi connectivity index (χ0v) is 23.0. The van der Waals surface area contributed by atoms with E-state index in [9.17, 15) is 10.2 Å². The van der Waals surface area contributed by atoms with Gasteiger partial charge in [0.05, 0.1) is 12.2 Å². The number of nitrogens with one attached hydrogen (secondary N) is 1. The molecule has 0 radical (unpaired) electrons. The zero-order valence-electron chi connectivity index (χ0n) is 23.0. The van der Waals surface area contributed by atoms with Gasteiger partial charge >= 0.3 is 0 Å². The van der Waals surface area contributed by atoms with Gasteiger partial charge < -0.3 is 15.5 Å². The van der Waals surface area contributed by atoms with Crippen LogP contribution in [0.4, 0.5) is 0 Å². The van der Waals surface area contributed by atoms with Gasteiger partial charge in [-0.05, 0) is 38.9 Å². The van der Waals surface area contributed by atoms with Crippen molar-refractivity contribution in [3.05, 3.63) is 0 Å². The molecule has 0 saturated carbocycles. The fourth-order valence-electron chi connectivity index (χ4n) is 4.67. The first-order valence-corrected chi connectivity index (χ1v) is 14.9. The predicted molar refractivity (Wildman–Crippen MR) is 146 cm³/mol. The van der Waals surface area contributed by atoms with Crippen molar-refractivity contribution >= 4 is 0 Å². The van der Waals surface area contributed by atoms with Crippen LogP contribution >= 0.6 is 0 Å². The second kappa shape index (κ2) is 26.4. The van der Waals surface area contributed by atoms with E-state index in [1.165, 1.54) is 89.9 Å². The van der Waals surface area contributed by atoms with Crippen LogP contribution in [0, 0.1) is 0 Å². The minimum absolute atomic E-state index is 0.264. The van der Waals surface area contributed by atoms with Crippen molar-refractivity contribution in [1.82, 2.24) is 10.2 Å². The molecule has 4 nitrogen and oxygen atoms in total. The molecule has 0 aliphatic carbocycles. The van der Waals surface area contributed by atoms with E-state index in [1.807, 2.05) is 0 Å². The lowest BCUT2D eigenvalue weighted by Crippen LogP contribution is -2.39. The van der Waals surface area contributed by atoms with E-state index < -0.39 is 0 Å². The van der Waals surface area contributed by atoms with Gasteiger partial charge in [-0.1, -0.05) is 124 Å². The van der Waals surface area contributed by atoms with E-state index in [0.29, 0.717) is 13.1 Å². The molecule has 0 aliphatic heterocycles. The molecule has 0 amide bonds. The van der Waals surface area contributed by atoms with Crippen LogP contribution in [-0.4, -0.2) is 60.0 Å². The van der Waals surface area contributed by atoms with Gasteiger partial charge in [-0.15, -0.1) is 0 Å². The van der Waals surface area contributed by atoms with Crippen LogP contribution in [-0.2, 0) is 0 Å². The zero-order chi connectivity index (χ0) is 24.4. The summed E-state index contributed by atoms with van der Waals surface area (Å²) in [5.41, 5.74) is 0. The van der Waals surface area contributed by atoms with Crippen LogP contribution in [0.5, 0.6) is 0 Å². The standard InChI is InChI=1S/C29H62N2O2/c1-4-7-9-11-13-15-17-19-22-28(32)26-31(25-21-24-30-6-3)27-29(33)23-20-18-16-14-12-10-8-5-2/h28-30,32-33H,4-27H2,1-3H3. The molecule has 0 aromatic rings. The molecule has 0 aliphatic rings. The molecule has 0 aromatic heterocycles. The normalized spacial score (nSPS) is 13.6. The van der Waals surface area contributed by atoms with Crippen LogP contribution in [0.3, 0.4) is 0 Å². The van der Waals surface area contributed by atoms with E-state index in [0.717, 1.165) is 51.7 Å². The van der Waals surface area contributed by atoms with Crippen LogP contribution in [0.25, 0.3) is 0 Å². The van der Waals surface area contributed by atoms with Crippen molar-refractivity contribution in [2.24, 2.45) is 0 Å². The van der Waals surface area contributed by atoms with Crippen molar-refractivity contribution in [2.45, 2.75) is 155 Å². The van der Waals surface area contributed by atoms with E-state index in [1.54, 1.807) is 0 Å². The second-order valence-electron chi connectivity index (χ2n) is 10.3. The SMILES string of the molecule is CCCCCCCCCCC(O)CN(CCCNCC)CC(O)CCCCCCCCCC. The van der Waals surface area contributed by atoms with Crippen molar-refractivity contribution in [2.75, 3.05) is 32.7 Å². The molecule has 2 unspecified atom stereocenters. The lowest BCUT2D eigenvalue weighted by atomic mass is 10.0. The van der Waals surface area contributed by atoms with Gasteiger partial charge in [0.1, 0.15) is 0 Å². The fraction of sp³-hybridized carbons (Fsp3) is 1.00. The lowest BCUT2D eigenvalue weighted by Gasteiger charge is -2.27. The molecule has 200 valence electrons. The van der Waals surface area contributed by atoms with E-state index in [-0.39, 0.29) is 12.2 Å². The fourth-order valence-corrected chi connectivity index (χ4v) is 4.67. The number of aliphatic hydroxyl groups is 2. The van der Waals surface area contributed by atoms with Crippen molar-refractivity contribution in [3.8, 4) is 0 Å². The third kappa shape index (κ3) is 24.8. The molecule has 0 heterocycles. The summed E-state index contributed by atoms with van der Waals surface area (Å²) in [5, 5.41) is 24.6. The number of aliphatic hydroxyl groups excluding tert-OH is 2. The molecule has 0 spiro atoms. The maximum Gasteiger partial charge on any atom is 0.0667 e. The molecule has 4 heteroatoms. The third-order valence-electron chi connectivity index (χ3n) is 6.80. The number of rotatable bonds is 27. The molecule has 0 fully saturated rings. The largest absolute Gasteiger partial charge is 0.392 e. The minimum Gasteiger partial charge on any atom is -0.392 e. The summed E-state index contributed by atoms with van der Waals surface area (Å²) in [4.78, 5) is 2.31. The quantitative estimate of drug-likeness (QED) is 0.112. The third-order valence-corrected chi connectivity index (χ3v) is 6.80. The average Bonchev–Trinajstić information content (AvgIpc) is 2.80. The Morgan fingerprint density at radius 2 is 0.939 bits per heavy atom. The van der Waals surface area contributed by atoms with Gasteiger partial charge in [-0.25, -0.2) is 0 Å². The summed E-state index contributed by atoms with van der Waals surface area (Å²) in [7, 11) is 0. The molecule has 0 saturated heterocycles. The Labute approximate surface area is 208 Å². The van der Waals surface area contributed by atoms with E-state index in [2.05, 4.69) is 31.0 Å². The minimum atomic E-state index is -0.264. The highest BCUT2D eigenvalue weighted by Gasteiger charge is 2.15. The first-order valence-electron chi connectivity index (χ1n) is 14.9. The monoisotopic (exact) mass is 470 g/mol. The van der Waals surface area contributed by atoms with Gasteiger partial charge in [0.15, 0.2) is 0 Å². The number of hydrogen-bond donors (Lipinski definition) is 3. The maximum atomic E-state index is 10.6. The van der Waals surface area contributed by atoms with Crippen LogP contribution in [0.2, 0.25) is 0 Å². The van der Waals surface area contributed by atoms with Crippen LogP contribution in [0.15, 0.2) is 0 Å². The molecule has 0 rings (SSSR count). The molecule has 0 bridgehead atoms. The number of hydrogen-bond acceptors (Lipinski definition) is 4. The average molecular weight is 471 g/mol. The highest BCUT2D eigenvalue weighted by Crippen LogP contribution is 2.13. The van der Waals surface area contributed by atoms with Gasteiger partial charge in [0.2, 0.25) is 0 Å². The highest BCUT2D eigenvalue weighted by atomic mass is 16.3. The Bertz CT molecular complexity index is 340. The summed E-state index contributed by atoms with van der Waals surface area (Å²) >= 11 is 0. The highest BCUT2D eigenvalue weighted by molar-refractivity contribution is 4.70. The molecule has 2 atom stereocenters. The summed E-state index contributed by atoms with van der Waals surface area (Å²) in [6.45, 7) is 11.0. The van der Waals surface area contributed by atoms with Gasteiger partial charge in [-0.3, -0.25) is 4.90 Å². The van der Waals surface area contributed by atoms with Crippen LogP contribution < -0.4 is 5.32 Å². The molecule has 33 heavy (non-hydrogen) atoms. The topological polar surface area (TPSA) is 55.7 Å².